The average Bonchev–Trinajstić information content (AvgIpc) is 2.27. The number of morpholine rings is 1. The van der Waals surface area contributed by atoms with Crippen molar-refractivity contribution in [1.82, 2.24) is 5.32 Å². The number of azo groups is 1. The van der Waals surface area contributed by atoms with Crippen LogP contribution >= 0.6 is 0 Å². The number of hydrogen-bond acceptors (Lipinski definition) is 4. The number of nitrogens with one attached hydrogen (secondary N) is 1. The number of alkyl halides is 3. The van der Waals surface area contributed by atoms with E-state index in [0.29, 0.717) is 13.2 Å². The van der Waals surface area contributed by atoms with Crippen LogP contribution in [0.5, 0.6) is 0 Å². The highest BCUT2D eigenvalue weighted by Crippen LogP contribution is 2.27. The van der Waals surface area contributed by atoms with Crippen LogP contribution in [0, 0.1) is 0 Å². The lowest BCUT2D eigenvalue weighted by atomic mass is 10.2. The summed E-state index contributed by atoms with van der Waals surface area (Å²) < 4.78 is 42.4. The molecule has 1 aliphatic heterocycles. The van der Waals surface area contributed by atoms with E-state index in [9.17, 15) is 13.2 Å². The Morgan fingerprint density at radius 2 is 2.06 bits per heavy atom. The van der Waals surface area contributed by atoms with Crippen molar-refractivity contribution in [3.8, 4) is 0 Å². The first-order valence-corrected chi connectivity index (χ1v) is 5.52. The molecule has 1 heterocycles. The van der Waals surface area contributed by atoms with Crippen LogP contribution in [0.2, 0.25) is 0 Å². The molecule has 2 atom stereocenters. The highest BCUT2D eigenvalue weighted by atomic mass is 19.4. The van der Waals surface area contributed by atoms with Crippen molar-refractivity contribution in [2.45, 2.75) is 32.1 Å². The van der Waals surface area contributed by atoms with Crippen molar-refractivity contribution in [3.63, 3.8) is 0 Å². The van der Waals surface area contributed by atoms with Crippen LogP contribution in [-0.4, -0.2) is 31.5 Å². The molecule has 0 unspecified atom stereocenters. The van der Waals surface area contributed by atoms with Gasteiger partial charge in [0.05, 0.1) is 25.0 Å². The van der Waals surface area contributed by atoms with E-state index in [4.69, 9.17) is 4.74 Å². The lowest BCUT2D eigenvalue weighted by Crippen LogP contribution is -2.47. The molecule has 1 saturated heterocycles. The summed E-state index contributed by atoms with van der Waals surface area (Å²) in [7, 11) is 0. The zero-order valence-corrected chi connectivity index (χ0v) is 10.3. The minimum absolute atomic E-state index is 0.111. The Kier molecular flexibility index (Phi) is 5.03. The van der Waals surface area contributed by atoms with Gasteiger partial charge in [-0.05, 0) is 13.8 Å². The van der Waals surface area contributed by atoms with Gasteiger partial charge >= 0.3 is 6.18 Å². The fourth-order valence-corrected chi connectivity index (χ4v) is 1.46. The van der Waals surface area contributed by atoms with Gasteiger partial charge in [-0.3, -0.25) is 0 Å². The number of rotatable bonds is 3. The lowest BCUT2D eigenvalue weighted by molar-refractivity contribution is -0.0931. The first kappa shape index (κ1) is 14.8. The second kappa shape index (κ2) is 6.10. The van der Waals surface area contributed by atoms with Gasteiger partial charge in [-0.2, -0.15) is 18.3 Å². The topological polar surface area (TPSA) is 46.0 Å². The Morgan fingerprint density at radius 1 is 1.39 bits per heavy atom. The number of halogens is 3. The zero-order valence-electron chi connectivity index (χ0n) is 10.3. The summed E-state index contributed by atoms with van der Waals surface area (Å²) in [5.74, 6) is 0. The number of nitrogens with zero attached hydrogens (tertiary/aromatic N) is 2. The molecule has 0 aromatic carbocycles. The normalized spacial score (nSPS) is 26.6. The molecule has 0 saturated carbocycles. The summed E-state index contributed by atoms with van der Waals surface area (Å²) in [4.78, 5) is 0. The van der Waals surface area contributed by atoms with Crippen molar-refractivity contribution in [2.24, 2.45) is 10.2 Å². The van der Waals surface area contributed by atoms with Crippen LogP contribution in [0.4, 0.5) is 13.2 Å². The van der Waals surface area contributed by atoms with Gasteiger partial charge in [-0.15, -0.1) is 5.11 Å². The second-order valence-corrected chi connectivity index (χ2v) is 4.02. The van der Waals surface area contributed by atoms with E-state index in [-0.39, 0.29) is 17.8 Å². The van der Waals surface area contributed by atoms with Gasteiger partial charge in [-0.25, -0.2) is 0 Å². The average molecular weight is 263 g/mol. The summed E-state index contributed by atoms with van der Waals surface area (Å²) in [5, 5.41) is 9.82. The van der Waals surface area contributed by atoms with Crippen LogP contribution in [0.25, 0.3) is 0 Å². The van der Waals surface area contributed by atoms with Gasteiger partial charge in [0, 0.05) is 6.04 Å². The Labute approximate surface area is 104 Å². The SMILES string of the molecule is C=C(N=N/C(=C\C)C(F)(F)F)[C@@H]1COC[C@H](C)N1. The zero-order chi connectivity index (χ0) is 13.8. The van der Waals surface area contributed by atoms with Gasteiger partial charge in [0.2, 0.25) is 0 Å². The van der Waals surface area contributed by atoms with Gasteiger partial charge < -0.3 is 10.1 Å². The highest BCUT2D eigenvalue weighted by Gasteiger charge is 2.33. The predicted molar refractivity (Wildman–Crippen MR) is 61.0 cm³/mol. The van der Waals surface area contributed by atoms with Gasteiger partial charge in [0.25, 0.3) is 0 Å². The minimum Gasteiger partial charge on any atom is -0.378 e. The summed E-state index contributed by atoms with van der Waals surface area (Å²) >= 11 is 0. The number of hydrogen-bond donors (Lipinski definition) is 1. The van der Waals surface area contributed by atoms with E-state index < -0.39 is 11.9 Å². The molecule has 18 heavy (non-hydrogen) atoms. The van der Waals surface area contributed by atoms with E-state index in [1.54, 1.807) is 0 Å². The minimum atomic E-state index is -4.50. The fraction of sp³-hybridized carbons (Fsp3) is 0.636. The van der Waals surface area contributed by atoms with Crippen molar-refractivity contribution >= 4 is 0 Å². The Morgan fingerprint density at radius 3 is 2.56 bits per heavy atom. The molecule has 1 fully saturated rings. The van der Waals surface area contributed by atoms with Gasteiger partial charge in [-0.1, -0.05) is 12.7 Å². The smallest absolute Gasteiger partial charge is 0.378 e. The van der Waals surface area contributed by atoms with E-state index >= 15 is 0 Å². The van der Waals surface area contributed by atoms with E-state index in [0.717, 1.165) is 6.08 Å². The molecule has 1 N–H and O–H groups in total. The fourth-order valence-electron chi connectivity index (χ4n) is 1.46. The molecular formula is C11H16F3N3O. The molecule has 0 spiro atoms. The molecule has 7 heteroatoms. The van der Waals surface area contributed by atoms with Crippen molar-refractivity contribution < 1.29 is 17.9 Å². The molecule has 0 amide bonds. The van der Waals surface area contributed by atoms with Crippen LogP contribution in [-0.2, 0) is 4.74 Å². The molecule has 0 bridgehead atoms. The van der Waals surface area contributed by atoms with Crippen molar-refractivity contribution in [3.05, 3.63) is 24.0 Å². The largest absolute Gasteiger partial charge is 0.434 e. The predicted octanol–water partition coefficient (Wildman–Crippen LogP) is 2.80. The first-order chi connectivity index (χ1) is 8.34. The second-order valence-electron chi connectivity index (χ2n) is 4.02. The molecule has 1 rings (SSSR count). The maximum absolute atomic E-state index is 12.4. The Hall–Kier alpha value is -1.21. The lowest BCUT2D eigenvalue weighted by Gasteiger charge is -2.28. The maximum Gasteiger partial charge on any atom is 0.434 e. The Bertz CT molecular complexity index is 363. The third-order valence-corrected chi connectivity index (χ3v) is 2.39. The standard InChI is InChI=1S/C11H16F3N3O/c1-4-10(11(12,13)14)17-16-8(3)9-6-18-5-7(2)15-9/h4,7,9,15H,3,5-6H2,1-2H3/b10-4-,17-16?/t7-,9-/m0/s1. The first-order valence-electron chi connectivity index (χ1n) is 5.52. The molecule has 1 aliphatic rings. The highest BCUT2D eigenvalue weighted by molar-refractivity contribution is 5.09. The number of allylic oxidation sites excluding steroid dienone is 2. The quantitative estimate of drug-likeness (QED) is 0.796. The molecule has 0 aromatic heterocycles. The monoisotopic (exact) mass is 263 g/mol. The maximum atomic E-state index is 12.4. The van der Waals surface area contributed by atoms with Crippen molar-refractivity contribution in [2.75, 3.05) is 13.2 Å². The summed E-state index contributed by atoms with van der Waals surface area (Å²) in [6.45, 7) is 7.66. The van der Waals surface area contributed by atoms with Crippen LogP contribution in [0.3, 0.4) is 0 Å². The van der Waals surface area contributed by atoms with Gasteiger partial charge in [0.15, 0.2) is 5.70 Å². The molecule has 0 aliphatic carbocycles. The molecule has 4 nitrogen and oxygen atoms in total. The molecule has 0 radical (unpaired) electrons. The number of ether oxygens (including phenoxy) is 1. The molecular weight excluding hydrogens is 247 g/mol. The Balaban J connectivity index is 2.64. The molecule has 0 aromatic rings. The van der Waals surface area contributed by atoms with E-state index in [2.05, 4.69) is 22.1 Å². The van der Waals surface area contributed by atoms with Gasteiger partial charge in [0.1, 0.15) is 0 Å². The third-order valence-electron chi connectivity index (χ3n) is 2.39. The van der Waals surface area contributed by atoms with E-state index in [1.807, 2.05) is 6.92 Å². The van der Waals surface area contributed by atoms with Crippen LogP contribution < -0.4 is 5.32 Å². The van der Waals surface area contributed by atoms with Crippen LogP contribution in [0.15, 0.2) is 34.3 Å². The van der Waals surface area contributed by atoms with E-state index in [1.165, 1.54) is 6.92 Å². The molecule has 102 valence electrons. The van der Waals surface area contributed by atoms with Crippen LogP contribution in [0.1, 0.15) is 13.8 Å². The summed E-state index contributed by atoms with van der Waals surface area (Å²) in [6, 6.07) is -0.191. The third kappa shape index (κ3) is 4.23. The summed E-state index contributed by atoms with van der Waals surface area (Å²) in [5.41, 5.74) is -0.807. The summed E-state index contributed by atoms with van der Waals surface area (Å²) in [6.07, 6.45) is -3.63. The van der Waals surface area contributed by atoms with Crippen molar-refractivity contribution in [1.29, 1.82) is 0 Å².